The van der Waals surface area contributed by atoms with Crippen molar-refractivity contribution >= 4 is 0 Å². The molecular weight excluding hydrogens is 138 g/mol. The highest BCUT2D eigenvalue weighted by Crippen LogP contribution is 2.26. The van der Waals surface area contributed by atoms with Crippen LogP contribution in [0, 0.1) is 5.92 Å². The fourth-order valence-electron chi connectivity index (χ4n) is 2.19. The molecule has 0 aromatic carbocycles. The van der Waals surface area contributed by atoms with Crippen molar-refractivity contribution in [3.63, 3.8) is 0 Å². The van der Waals surface area contributed by atoms with Crippen LogP contribution >= 0.6 is 0 Å². The summed E-state index contributed by atoms with van der Waals surface area (Å²) in [6.45, 7) is 3.41. The predicted molar refractivity (Wildman–Crippen MR) is 44.6 cm³/mol. The fourth-order valence-corrected chi connectivity index (χ4v) is 2.19. The van der Waals surface area contributed by atoms with E-state index in [4.69, 9.17) is 4.74 Å². The Morgan fingerprint density at radius 2 is 1.91 bits per heavy atom. The summed E-state index contributed by atoms with van der Waals surface area (Å²) in [5, 5.41) is 3.38. The van der Waals surface area contributed by atoms with Gasteiger partial charge in [-0.15, -0.1) is 0 Å². The molecule has 0 spiro atoms. The first kappa shape index (κ1) is 7.56. The van der Waals surface area contributed by atoms with Crippen LogP contribution in [0.25, 0.3) is 0 Å². The number of ether oxygens (including phenoxy) is 1. The van der Waals surface area contributed by atoms with Gasteiger partial charge in [-0.3, -0.25) is 0 Å². The average Bonchev–Trinajstić information content (AvgIpc) is 2.58. The molecule has 1 atom stereocenters. The first-order valence-corrected chi connectivity index (χ1v) is 4.79. The quantitative estimate of drug-likeness (QED) is 0.613. The Morgan fingerprint density at radius 1 is 1.09 bits per heavy atom. The summed E-state index contributed by atoms with van der Waals surface area (Å²) in [5.74, 6) is 0.860. The highest BCUT2D eigenvalue weighted by Gasteiger charge is 2.26. The largest absolute Gasteiger partial charge is 0.378 e. The number of hydrogen-bond acceptors (Lipinski definition) is 2. The molecule has 2 heteroatoms. The average molecular weight is 155 g/mol. The molecule has 11 heavy (non-hydrogen) atoms. The minimum absolute atomic E-state index is 0.608. The van der Waals surface area contributed by atoms with Crippen molar-refractivity contribution in [1.29, 1.82) is 0 Å². The molecule has 0 aromatic rings. The van der Waals surface area contributed by atoms with Gasteiger partial charge >= 0.3 is 0 Å². The van der Waals surface area contributed by atoms with Gasteiger partial charge in [0.15, 0.2) is 0 Å². The van der Waals surface area contributed by atoms with E-state index in [1.54, 1.807) is 0 Å². The maximum absolute atomic E-state index is 5.66. The zero-order chi connectivity index (χ0) is 7.52. The number of piperidine rings is 1. The van der Waals surface area contributed by atoms with Crippen molar-refractivity contribution in [1.82, 2.24) is 5.32 Å². The Morgan fingerprint density at radius 3 is 2.55 bits per heavy atom. The van der Waals surface area contributed by atoms with Crippen LogP contribution in [-0.2, 0) is 4.74 Å². The summed E-state index contributed by atoms with van der Waals surface area (Å²) in [5.41, 5.74) is 0. The molecule has 2 saturated heterocycles. The fraction of sp³-hybridized carbons (Fsp3) is 1.00. The molecule has 2 aliphatic heterocycles. The Bertz CT molecular complexity index is 115. The van der Waals surface area contributed by atoms with Crippen LogP contribution in [0.2, 0.25) is 0 Å². The lowest BCUT2D eigenvalue weighted by Crippen LogP contribution is -2.33. The van der Waals surface area contributed by atoms with Crippen LogP contribution in [0.4, 0.5) is 0 Å². The topological polar surface area (TPSA) is 21.3 Å². The maximum atomic E-state index is 5.66. The molecule has 2 heterocycles. The Kier molecular flexibility index (Phi) is 2.44. The van der Waals surface area contributed by atoms with Crippen molar-refractivity contribution < 1.29 is 4.74 Å². The second kappa shape index (κ2) is 3.55. The van der Waals surface area contributed by atoms with E-state index in [2.05, 4.69) is 5.32 Å². The Balaban J connectivity index is 1.82. The summed E-state index contributed by atoms with van der Waals surface area (Å²) < 4.78 is 5.66. The molecule has 0 unspecified atom stereocenters. The third-order valence-corrected chi connectivity index (χ3v) is 2.87. The van der Waals surface area contributed by atoms with Crippen LogP contribution in [0.5, 0.6) is 0 Å². The van der Waals surface area contributed by atoms with Crippen LogP contribution in [0.3, 0.4) is 0 Å². The van der Waals surface area contributed by atoms with E-state index in [9.17, 15) is 0 Å². The molecule has 64 valence electrons. The van der Waals surface area contributed by atoms with Crippen molar-refractivity contribution in [2.45, 2.75) is 31.8 Å². The zero-order valence-electron chi connectivity index (χ0n) is 7.01. The van der Waals surface area contributed by atoms with Gasteiger partial charge in [0.1, 0.15) is 0 Å². The highest BCUT2D eigenvalue weighted by molar-refractivity contribution is 4.78. The van der Waals surface area contributed by atoms with Gasteiger partial charge in [-0.1, -0.05) is 0 Å². The van der Waals surface area contributed by atoms with Gasteiger partial charge in [-0.2, -0.15) is 0 Å². The summed E-state index contributed by atoms with van der Waals surface area (Å²) in [7, 11) is 0. The maximum Gasteiger partial charge on any atom is 0.0605 e. The minimum Gasteiger partial charge on any atom is -0.378 e. The molecule has 0 aromatic heterocycles. The van der Waals surface area contributed by atoms with Crippen molar-refractivity contribution in [3.8, 4) is 0 Å². The molecule has 0 aliphatic carbocycles. The van der Waals surface area contributed by atoms with E-state index in [-0.39, 0.29) is 0 Å². The van der Waals surface area contributed by atoms with Gasteiger partial charge in [0.2, 0.25) is 0 Å². The lowest BCUT2D eigenvalue weighted by atomic mass is 9.91. The van der Waals surface area contributed by atoms with Crippen LogP contribution in [0.1, 0.15) is 25.7 Å². The molecular formula is C9H17NO. The third-order valence-electron chi connectivity index (χ3n) is 2.87. The highest BCUT2D eigenvalue weighted by atomic mass is 16.5. The van der Waals surface area contributed by atoms with Gasteiger partial charge < -0.3 is 10.1 Å². The van der Waals surface area contributed by atoms with E-state index < -0.39 is 0 Å². The normalized spacial score (nSPS) is 34.4. The van der Waals surface area contributed by atoms with Crippen LogP contribution in [-0.4, -0.2) is 25.8 Å². The van der Waals surface area contributed by atoms with Gasteiger partial charge in [-0.25, -0.2) is 0 Å². The van der Waals surface area contributed by atoms with Gasteiger partial charge in [-0.05, 0) is 44.7 Å². The second-order valence-electron chi connectivity index (χ2n) is 3.64. The third kappa shape index (κ3) is 1.74. The number of hydrogen-bond donors (Lipinski definition) is 1. The van der Waals surface area contributed by atoms with Crippen LogP contribution < -0.4 is 5.32 Å². The predicted octanol–water partition coefficient (Wildman–Crippen LogP) is 1.16. The molecule has 0 saturated carbocycles. The number of rotatable bonds is 1. The lowest BCUT2D eigenvalue weighted by molar-refractivity contribution is 0.0505. The van der Waals surface area contributed by atoms with E-state index >= 15 is 0 Å². The van der Waals surface area contributed by atoms with E-state index in [0.717, 1.165) is 12.5 Å². The molecule has 0 radical (unpaired) electrons. The van der Waals surface area contributed by atoms with E-state index in [1.165, 1.54) is 38.8 Å². The summed E-state index contributed by atoms with van der Waals surface area (Å²) in [6.07, 6.45) is 5.85. The lowest BCUT2D eigenvalue weighted by Gasteiger charge is -2.27. The molecule has 0 amide bonds. The molecule has 2 nitrogen and oxygen atoms in total. The Hall–Kier alpha value is -0.0800. The first-order valence-electron chi connectivity index (χ1n) is 4.79. The van der Waals surface area contributed by atoms with Crippen molar-refractivity contribution in [2.24, 2.45) is 5.92 Å². The Labute approximate surface area is 68.3 Å². The van der Waals surface area contributed by atoms with Crippen molar-refractivity contribution in [3.05, 3.63) is 0 Å². The molecule has 1 N–H and O–H groups in total. The summed E-state index contributed by atoms with van der Waals surface area (Å²) in [6, 6.07) is 0. The van der Waals surface area contributed by atoms with Gasteiger partial charge in [0, 0.05) is 6.61 Å². The van der Waals surface area contributed by atoms with Crippen molar-refractivity contribution in [2.75, 3.05) is 19.7 Å². The van der Waals surface area contributed by atoms with Crippen LogP contribution in [0.15, 0.2) is 0 Å². The molecule has 2 fully saturated rings. The minimum atomic E-state index is 0.608. The smallest absolute Gasteiger partial charge is 0.0605 e. The van der Waals surface area contributed by atoms with E-state index in [0.29, 0.717) is 6.10 Å². The summed E-state index contributed by atoms with van der Waals surface area (Å²) in [4.78, 5) is 0. The zero-order valence-corrected chi connectivity index (χ0v) is 7.01. The van der Waals surface area contributed by atoms with Gasteiger partial charge in [0.05, 0.1) is 6.10 Å². The first-order chi connectivity index (χ1) is 5.47. The molecule has 0 bridgehead atoms. The van der Waals surface area contributed by atoms with Gasteiger partial charge in [0.25, 0.3) is 0 Å². The SMILES string of the molecule is C1CO[C@@H](C2CCNCC2)C1. The standard InChI is InChI=1S/C9H17NO/c1-2-9(11-7-1)8-3-5-10-6-4-8/h8-10H,1-7H2/t9-/m1/s1. The summed E-state index contributed by atoms with van der Waals surface area (Å²) >= 11 is 0. The van der Waals surface area contributed by atoms with E-state index in [1.807, 2.05) is 0 Å². The molecule has 2 rings (SSSR count). The second-order valence-corrected chi connectivity index (χ2v) is 3.64. The molecule has 2 aliphatic rings. The monoisotopic (exact) mass is 155 g/mol. The number of nitrogens with one attached hydrogen (secondary N) is 1.